The summed E-state index contributed by atoms with van der Waals surface area (Å²) in [6.07, 6.45) is 0.390. The van der Waals surface area contributed by atoms with Crippen LogP contribution in [0.15, 0.2) is 51.3 Å². The molecule has 4 aromatic rings. The maximum Gasteiger partial charge on any atom is 0.322 e. The third-order valence-electron chi connectivity index (χ3n) is 4.43. The van der Waals surface area contributed by atoms with E-state index in [1.54, 1.807) is 12.1 Å². The normalized spacial score (nSPS) is 12.3. The molecule has 2 aromatic heterocycles. The Labute approximate surface area is 164 Å². The number of para-hydroxylation sites is 1. The van der Waals surface area contributed by atoms with Crippen LogP contribution in [0.25, 0.3) is 11.0 Å². The molecule has 0 aliphatic carbocycles. The van der Waals surface area contributed by atoms with Gasteiger partial charge >= 0.3 is 6.01 Å². The van der Waals surface area contributed by atoms with E-state index in [1.165, 1.54) is 7.11 Å². The van der Waals surface area contributed by atoms with Gasteiger partial charge in [-0.1, -0.05) is 23.3 Å². The van der Waals surface area contributed by atoms with Gasteiger partial charge in [0.1, 0.15) is 0 Å². The van der Waals surface area contributed by atoms with Gasteiger partial charge in [0.15, 0.2) is 28.6 Å². The molecule has 5 rings (SSSR count). The van der Waals surface area contributed by atoms with Crippen molar-refractivity contribution in [1.29, 1.82) is 0 Å². The van der Waals surface area contributed by atoms with Gasteiger partial charge in [0.05, 0.1) is 13.5 Å². The van der Waals surface area contributed by atoms with E-state index < -0.39 is 5.91 Å². The predicted octanol–water partition coefficient (Wildman–Crippen LogP) is 3.40. The van der Waals surface area contributed by atoms with E-state index in [1.807, 2.05) is 30.3 Å². The number of carbonyl (C=O) groups excluding carboxylic acids is 1. The highest BCUT2D eigenvalue weighted by atomic mass is 16.7. The van der Waals surface area contributed by atoms with Crippen LogP contribution in [0.1, 0.15) is 22.0 Å². The van der Waals surface area contributed by atoms with Crippen LogP contribution in [0, 0.1) is 0 Å². The van der Waals surface area contributed by atoms with Crippen LogP contribution in [-0.4, -0.2) is 30.0 Å². The number of ether oxygens (including phenoxy) is 3. The number of anilines is 1. The molecular weight excluding hydrogens is 378 g/mol. The molecule has 0 radical (unpaired) electrons. The molecule has 1 aliphatic rings. The molecule has 1 N–H and O–H groups in total. The minimum atomic E-state index is -0.499. The average Bonchev–Trinajstić information content (AvgIpc) is 3.46. The molecule has 0 saturated carbocycles. The van der Waals surface area contributed by atoms with Crippen LogP contribution in [-0.2, 0) is 6.42 Å². The zero-order chi connectivity index (χ0) is 19.8. The summed E-state index contributed by atoms with van der Waals surface area (Å²) in [7, 11) is 1.54. The van der Waals surface area contributed by atoms with E-state index >= 15 is 0 Å². The maximum atomic E-state index is 12.5. The van der Waals surface area contributed by atoms with E-state index in [2.05, 4.69) is 15.5 Å². The summed E-state index contributed by atoms with van der Waals surface area (Å²) in [5, 5.41) is 11.1. The first-order valence-corrected chi connectivity index (χ1v) is 8.78. The lowest BCUT2D eigenvalue weighted by Gasteiger charge is -2.00. The topological polar surface area (TPSA) is 109 Å². The summed E-state index contributed by atoms with van der Waals surface area (Å²) < 4.78 is 27.0. The third kappa shape index (κ3) is 3.22. The summed E-state index contributed by atoms with van der Waals surface area (Å²) >= 11 is 0. The minimum Gasteiger partial charge on any atom is -0.493 e. The predicted molar refractivity (Wildman–Crippen MR) is 100 cm³/mol. The molecule has 1 aliphatic heterocycles. The van der Waals surface area contributed by atoms with E-state index in [-0.39, 0.29) is 18.6 Å². The van der Waals surface area contributed by atoms with Gasteiger partial charge in [-0.05, 0) is 29.8 Å². The first kappa shape index (κ1) is 17.1. The number of amides is 1. The second kappa shape index (κ2) is 6.86. The Balaban J connectivity index is 1.30. The molecule has 146 valence electrons. The van der Waals surface area contributed by atoms with Gasteiger partial charge < -0.3 is 23.0 Å². The van der Waals surface area contributed by atoms with Gasteiger partial charge in [-0.3, -0.25) is 10.1 Å². The number of aromatic nitrogens is 2. The SMILES string of the molecule is COc1cccc2cc(C(=O)Nc3nnc(Cc4ccc5c(c4)OCO5)o3)oc12. The molecule has 29 heavy (non-hydrogen) atoms. The fourth-order valence-electron chi connectivity index (χ4n) is 3.07. The molecule has 2 aromatic carbocycles. The van der Waals surface area contributed by atoms with Gasteiger partial charge in [-0.25, -0.2) is 0 Å². The molecule has 1 amide bonds. The maximum absolute atomic E-state index is 12.5. The fraction of sp³-hybridized carbons (Fsp3) is 0.150. The van der Waals surface area contributed by atoms with Gasteiger partial charge in [0.25, 0.3) is 5.91 Å². The average molecular weight is 393 g/mol. The smallest absolute Gasteiger partial charge is 0.322 e. The van der Waals surface area contributed by atoms with Gasteiger partial charge in [0, 0.05) is 5.39 Å². The molecular formula is C20H15N3O6. The number of furan rings is 1. The zero-order valence-corrected chi connectivity index (χ0v) is 15.3. The molecule has 0 atom stereocenters. The van der Waals surface area contributed by atoms with E-state index in [0.29, 0.717) is 35.1 Å². The number of hydrogen-bond acceptors (Lipinski definition) is 8. The van der Waals surface area contributed by atoms with Crippen molar-refractivity contribution in [2.24, 2.45) is 0 Å². The lowest BCUT2D eigenvalue weighted by molar-refractivity contribution is 0.0995. The van der Waals surface area contributed by atoms with Gasteiger partial charge in [-0.2, -0.15) is 0 Å². The lowest BCUT2D eigenvalue weighted by atomic mass is 10.1. The molecule has 0 fully saturated rings. The number of hydrogen-bond donors (Lipinski definition) is 1. The Morgan fingerprint density at radius 3 is 2.90 bits per heavy atom. The highest BCUT2D eigenvalue weighted by Gasteiger charge is 2.18. The van der Waals surface area contributed by atoms with Crippen LogP contribution in [0.4, 0.5) is 6.01 Å². The number of methoxy groups -OCH3 is 1. The van der Waals surface area contributed by atoms with Crippen molar-refractivity contribution >= 4 is 22.9 Å². The highest BCUT2D eigenvalue weighted by Crippen LogP contribution is 2.33. The first-order chi connectivity index (χ1) is 14.2. The van der Waals surface area contributed by atoms with Crippen molar-refractivity contribution in [3.8, 4) is 17.2 Å². The monoisotopic (exact) mass is 393 g/mol. The van der Waals surface area contributed by atoms with E-state index in [9.17, 15) is 4.79 Å². The number of fused-ring (bicyclic) bond motifs is 2. The first-order valence-electron chi connectivity index (χ1n) is 8.78. The quantitative estimate of drug-likeness (QED) is 0.550. The second-order valence-electron chi connectivity index (χ2n) is 6.31. The van der Waals surface area contributed by atoms with Crippen LogP contribution in [0.2, 0.25) is 0 Å². The van der Waals surface area contributed by atoms with Crippen molar-refractivity contribution in [3.63, 3.8) is 0 Å². The van der Waals surface area contributed by atoms with Crippen LogP contribution >= 0.6 is 0 Å². The summed E-state index contributed by atoms with van der Waals surface area (Å²) in [6, 6.07) is 12.6. The Bertz CT molecular complexity index is 1210. The Hall–Kier alpha value is -4.01. The Kier molecular flexibility index (Phi) is 4.05. The molecule has 9 heteroatoms. The van der Waals surface area contributed by atoms with Gasteiger partial charge in [0.2, 0.25) is 12.7 Å². The van der Waals surface area contributed by atoms with Crippen molar-refractivity contribution in [1.82, 2.24) is 10.2 Å². The number of carbonyl (C=O) groups is 1. The van der Waals surface area contributed by atoms with Crippen molar-refractivity contribution < 1.29 is 27.8 Å². The zero-order valence-electron chi connectivity index (χ0n) is 15.3. The standard InChI is InChI=1S/C20H15N3O6/c1-25-14-4-2-3-12-9-16(28-18(12)14)19(24)21-20-23-22-17(29-20)8-11-5-6-13-15(7-11)27-10-26-13/h2-7,9H,8,10H2,1H3,(H,21,23,24). The highest BCUT2D eigenvalue weighted by molar-refractivity contribution is 6.04. The summed E-state index contributed by atoms with van der Waals surface area (Å²) in [5.41, 5.74) is 1.41. The lowest BCUT2D eigenvalue weighted by Crippen LogP contribution is -2.11. The third-order valence-corrected chi connectivity index (χ3v) is 4.43. The number of nitrogens with one attached hydrogen (secondary N) is 1. The van der Waals surface area contributed by atoms with E-state index in [4.69, 9.17) is 23.0 Å². The van der Waals surface area contributed by atoms with E-state index in [0.717, 1.165) is 10.9 Å². The summed E-state index contributed by atoms with van der Waals surface area (Å²) in [5.74, 6) is 1.89. The second-order valence-corrected chi connectivity index (χ2v) is 6.31. The number of nitrogens with zero attached hydrogens (tertiary/aromatic N) is 2. The van der Waals surface area contributed by atoms with Crippen molar-refractivity contribution in [2.45, 2.75) is 6.42 Å². The number of benzene rings is 2. The summed E-state index contributed by atoms with van der Waals surface area (Å²) in [6.45, 7) is 0.211. The number of rotatable bonds is 5. The van der Waals surface area contributed by atoms with Crippen LogP contribution in [0.3, 0.4) is 0 Å². The largest absolute Gasteiger partial charge is 0.493 e. The summed E-state index contributed by atoms with van der Waals surface area (Å²) in [4.78, 5) is 12.5. The van der Waals surface area contributed by atoms with Crippen molar-refractivity contribution in [2.75, 3.05) is 19.2 Å². The van der Waals surface area contributed by atoms with Crippen molar-refractivity contribution in [3.05, 3.63) is 59.7 Å². The molecule has 9 nitrogen and oxygen atoms in total. The van der Waals surface area contributed by atoms with Gasteiger partial charge in [-0.15, -0.1) is 5.10 Å². The Morgan fingerprint density at radius 1 is 1.10 bits per heavy atom. The minimum absolute atomic E-state index is 0.0156. The molecule has 0 spiro atoms. The fourth-order valence-corrected chi connectivity index (χ4v) is 3.07. The molecule has 3 heterocycles. The Morgan fingerprint density at radius 2 is 2.00 bits per heavy atom. The molecule has 0 bridgehead atoms. The molecule has 0 saturated heterocycles. The van der Waals surface area contributed by atoms with Crippen LogP contribution < -0.4 is 19.5 Å². The molecule has 0 unspecified atom stereocenters. The van der Waals surface area contributed by atoms with Crippen LogP contribution in [0.5, 0.6) is 17.2 Å².